The van der Waals surface area contributed by atoms with Gasteiger partial charge in [0, 0.05) is 15.7 Å². The van der Waals surface area contributed by atoms with E-state index in [9.17, 15) is 9.90 Å². The van der Waals surface area contributed by atoms with Gasteiger partial charge in [-0.1, -0.05) is 52.3 Å². The van der Waals surface area contributed by atoms with Gasteiger partial charge < -0.3 is 5.11 Å². The summed E-state index contributed by atoms with van der Waals surface area (Å²) in [4.78, 5) is 13.9. The van der Waals surface area contributed by atoms with Crippen molar-refractivity contribution in [1.29, 1.82) is 0 Å². The number of carboxylic acid groups (broad SMARTS) is 1. The minimum Gasteiger partial charge on any atom is -0.481 e. The van der Waals surface area contributed by atoms with E-state index in [0.29, 0.717) is 6.54 Å². The van der Waals surface area contributed by atoms with Gasteiger partial charge in [0.25, 0.3) is 0 Å². The molecule has 0 amide bonds. The fourth-order valence-corrected chi connectivity index (χ4v) is 5.39. The summed E-state index contributed by atoms with van der Waals surface area (Å²) < 4.78 is 2.34. The molecule has 0 aliphatic carbocycles. The lowest BCUT2D eigenvalue weighted by Crippen LogP contribution is -2.41. The highest BCUT2D eigenvalue weighted by Crippen LogP contribution is 2.41. The van der Waals surface area contributed by atoms with Crippen molar-refractivity contribution in [2.45, 2.75) is 18.9 Å². The van der Waals surface area contributed by atoms with E-state index in [1.54, 1.807) is 11.3 Å². The predicted molar refractivity (Wildman–Crippen MR) is 110 cm³/mol. The zero-order valence-corrected chi connectivity index (χ0v) is 16.7. The normalized spacial score (nSPS) is 19.5. The smallest absolute Gasteiger partial charge is 0.307 e. The zero-order valence-electron chi connectivity index (χ0n) is 14.3. The number of thiophene rings is 1. The Morgan fingerprint density at radius 2 is 1.92 bits per heavy atom. The average molecular weight is 430 g/mol. The Morgan fingerprint density at radius 3 is 2.73 bits per heavy atom. The topological polar surface area (TPSA) is 40.5 Å². The van der Waals surface area contributed by atoms with Gasteiger partial charge in [0.15, 0.2) is 0 Å². The van der Waals surface area contributed by atoms with Crippen molar-refractivity contribution in [2.75, 3.05) is 13.1 Å². The number of nitrogens with zero attached hydrogens (tertiary/aromatic N) is 1. The molecule has 0 bridgehead atoms. The Morgan fingerprint density at radius 1 is 1.15 bits per heavy atom. The maximum Gasteiger partial charge on any atom is 0.307 e. The summed E-state index contributed by atoms with van der Waals surface area (Å²) in [6.07, 6.45) is 1.68. The van der Waals surface area contributed by atoms with Crippen LogP contribution in [0.1, 0.15) is 30.0 Å². The molecule has 3 nitrogen and oxygen atoms in total. The van der Waals surface area contributed by atoms with Crippen molar-refractivity contribution >= 4 is 43.3 Å². The van der Waals surface area contributed by atoms with Crippen LogP contribution in [-0.2, 0) is 4.79 Å². The van der Waals surface area contributed by atoms with Gasteiger partial charge in [-0.05, 0) is 53.4 Å². The SMILES string of the molecule is O=C(O)C1CCCN(C(c2ccccc2Br)c2csc3ccccc23)C1. The number of carbonyl (C=O) groups is 1. The molecule has 0 saturated carbocycles. The summed E-state index contributed by atoms with van der Waals surface area (Å²) in [5.41, 5.74) is 2.46. The highest BCUT2D eigenvalue weighted by Gasteiger charge is 2.33. The van der Waals surface area contributed by atoms with E-state index in [0.717, 1.165) is 23.9 Å². The maximum absolute atomic E-state index is 11.6. The fraction of sp³-hybridized carbons (Fsp3) is 0.286. The van der Waals surface area contributed by atoms with Crippen LogP contribution in [0.25, 0.3) is 10.1 Å². The number of carboxylic acids is 1. The van der Waals surface area contributed by atoms with Crippen LogP contribution in [0.15, 0.2) is 58.4 Å². The molecule has 1 fully saturated rings. The van der Waals surface area contributed by atoms with Crippen molar-refractivity contribution in [1.82, 2.24) is 4.90 Å². The first kappa shape index (κ1) is 17.7. The van der Waals surface area contributed by atoms with Crippen LogP contribution < -0.4 is 0 Å². The van der Waals surface area contributed by atoms with E-state index in [4.69, 9.17) is 0 Å². The first-order valence-electron chi connectivity index (χ1n) is 8.82. The van der Waals surface area contributed by atoms with Gasteiger partial charge in [0.2, 0.25) is 0 Å². The quantitative estimate of drug-likeness (QED) is 0.590. The summed E-state index contributed by atoms with van der Waals surface area (Å²) in [6, 6.07) is 16.8. The maximum atomic E-state index is 11.6. The van der Waals surface area contributed by atoms with Gasteiger partial charge in [-0.3, -0.25) is 9.69 Å². The summed E-state index contributed by atoms with van der Waals surface area (Å²) in [5.74, 6) is -0.977. The van der Waals surface area contributed by atoms with Gasteiger partial charge >= 0.3 is 5.97 Å². The molecule has 2 aromatic carbocycles. The van der Waals surface area contributed by atoms with Gasteiger partial charge in [-0.2, -0.15) is 0 Å². The Bertz CT molecular complexity index is 938. The number of hydrogen-bond acceptors (Lipinski definition) is 3. The Labute approximate surface area is 165 Å². The van der Waals surface area contributed by atoms with E-state index in [-0.39, 0.29) is 12.0 Å². The molecular weight excluding hydrogens is 410 g/mol. The lowest BCUT2D eigenvalue weighted by Gasteiger charge is -2.37. The summed E-state index contributed by atoms with van der Waals surface area (Å²) in [6.45, 7) is 1.51. The largest absolute Gasteiger partial charge is 0.481 e. The van der Waals surface area contributed by atoms with Gasteiger partial charge in [-0.15, -0.1) is 11.3 Å². The molecule has 1 N–H and O–H groups in total. The predicted octanol–water partition coefficient (Wildman–Crippen LogP) is 5.55. The molecule has 26 heavy (non-hydrogen) atoms. The monoisotopic (exact) mass is 429 g/mol. The van der Waals surface area contributed by atoms with Crippen molar-refractivity contribution in [3.63, 3.8) is 0 Å². The summed E-state index contributed by atoms with van der Waals surface area (Å²) in [7, 11) is 0. The van der Waals surface area contributed by atoms with Crippen molar-refractivity contribution < 1.29 is 9.90 Å². The Balaban J connectivity index is 1.82. The first-order chi connectivity index (χ1) is 12.6. The molecule has 2 heterocycles. The molecule has 1 aliphatic heterocycles. The van der Waals surface area contributed by atoms with Crippen LogP contribution in [0.2, 0.25) is 0 Å². The van der Waals surface area contributed by atoms with Crippen LogP contribution >= 0.6 is 27.3 Å². The third-order valence-electron chi connectivity index (χ3n) is 5.17. The van der Waals surface area contributed by atoms with Gasteiger partial charge in [0.05, 0.1) is 12.0 Å². The minimum absolute atomic E-state index is 0.0591. The van der Waals surface area contributed by atoms with E-state index in [1.165, 1.54) is 21.2 Å². The van der Waals surface area contributed by atoms with E-state index in [1.807, 2.05) is 6.07 Å². The molecule has 1 saturated heterocycles. The molecule has 0 spiro atoms. The number of fused-ring (bicyclic) bond motifs is 1. The lowest BCUT2D eigenvalue weighted by atomic mass is 9.91. The number of rotatable bonds is 4. The van der Waals surface area contributed by atoms with Gasteiger partial charge in [0.1, 0.15) is 0 Å². The van der Waals surface area contributed by atoms with Crippen LogP contribution in [0.3, 0.4) is 0 Å². The fourth-order valence-electron chi connectivity index (χ4n) is 3.91. The molecular formula is C21H20BrNO2S. The van der Waals surface area contributed by atoms with E-state index >= 15 is 0 Å². The molecule has 2 atom stereocenters. The lowest BCUT2D eigenvalue weighted by molar-refractivity contribution is -0.143. The number of likely N-dealkylation sites (tertiary alicyclic amines) is 1. The highest BCUT2D eigenvalue weighted by atomic mass is 79.9. The number of halogens is 1. The number of aliphatic carboxylic acids is 1. The molecule has 134 valence electrons. The number of benzene rings is 2. The number of hydrogen-bond donors (Lipinski definition) is 1. The molecule has 0 radical (unpaired) electrons. The molecule has 4 rings (SSSR count). The standard InChI is InChI=1S/C21H20BrNO2S/c22-18-9-3-1-8-16(18)20(23-11-5-6-14(12-23)21(24)25)17-13-26-19-10-4-2-7-15(17)19/h1-4,7-10,13-14,20H,5-6,11-12H2,(H,24,25). The Hall–Kier alpha value is -1.69. The molecule has 2 unspecified atom stereocenters. The average Bonchev–Trinajstić information content (AvgIpc) is 3.08. The Kier molecular flexibility index (Phi) is 5.11. The number of piperidine rings is 1. The van der Waals surface area contributed by atoms with Crippen molar-refractivity contribution in [3.8, 4) is 0 Å². The first-order valence-corrected chi connectivity index (χ1v) is 10.5. The van der Waals surface area contributed by atoms with Crippen LogP contribution in [0, 0.1) is 5.92 Å². The summed E-state index contributed by atoms with van der Waals surface area (Å²) in [5, 5.41) is 13.0. The van der Waals surface area contributed by atoms with Crippen molar-refractivity contribution in [2.24, 2.45) is 5.92 Å². The van der Waals surface area contributed by atoms with Crippen LogP contribution in [-0.4, -0.2) is 29.1 Å². The van der Waals surface area contributed by atoms with Crippen molar-refractivity contribution in [3.05, 3.63) is 69.5 Å². The zero-order chi connectivity index (χ0) is 18.1. The molecule has 1 aliphatic rings. The summed E-state index contributed by atoms with van der Waals surface area (Å²) >= 11 is 5.47. The second kappa shape index (κ2) is 7.51. The van der Waals surface area contributed by atoms with E-state index < -0.39 is 5.97 Å². The molecule has 3 aromatic rings. The minimum atomic E-state index is -0.684. The highest BCUT2D eigenvalue weighted by molar-refractivity contribution is 9.10. The second-order valence-corrected chi connectivity index (χ2v) is 8.55. The second-order valence-electron chi connectivity index (χ2n) is 6.78. The van der Waals surface area contributed by atoms with Gasteiger partial charge in [-0.25, -0.2) is 0 Å². The molecule has 5 heteroatoms. The van der Waals surface area contributed by atoms with Crippen LogP contribution in [0.5, 0.6) is 0 Å². The van der Waals surface area contributed by atoms with Crippen LogP contribution in [0.4, 0.5) is 0 Å². The van der Waals surface area contributed by atoms with E-state index in [2.05, 4.69) is 68.7 Å². The molecule has 1 aromatic heterocycles. The third-order valence-corrected chi connectivity index (χ3v) is 6.88. The third kappa shape index (κ3) is 3.31.